The van der Waals surface area contributed by atoms with E-state index >= 15 is 0 Å². The Bertz CT molecular complexity index is 1160. The number of rotatable bonds is 5. The lowest BCUT2D eigenvalue weighted by Gasteiger charge is -2.20. The van der Waals surface area contributed by atoms with Crippen molar-refractivity contribution >= 4 is 22.6 Å². The van der Waals surface area contributed by atoms with Crippen LogP contribution in [0.5, 0.6) is 0 Å². The first-order valence-corrected chi connectivity index (χ1v) is 9.97. The average Bonchev–Trinajstić information content (AvgIpc) is 3.43. The SMILES string of the molecule is Fc1ccccc1Cc1noc(CN2CCC[C@H]2c2nc3ccc(Cl)cc3[nH]2)n1. The summed E-state index contributed by atoms with van der Waals surface area (Å²) in [5.41, 5.74) is 2.39. The third kappa shape index (κ3) is 3.75. The monoisotopic (exact) mass is 411 g/mol. The van der Waals surface area contributed by atoms with Crippen LogP contribution >= 0.6 is 11.6 Å². The van der Waals surface area contributed by atoms with E-state index in [2.05, 4.69) is 20.0 Å². The topological polar surface area (TPSA) is 70.8 Å². The van der Waals surface area contributed by atoms with Crippen molar-refractivity contribution < 1.29 is 8.91 Å². The molecule has 0 bridgehead atoms. The fourth-order valence-electron chi connectivity index (χ4n) is 3.90. The first-order valence-electron chi connectivity index (χ1n) is 9.60. The molecule has 1 N–H and O–H groups in total. The molecule has 0 radical (unpaired) electrons. The van der Waals surface area contributed by atoms with E-state index in [0.29, 0.717) is 35.3 Å². The summed E-state index contributed by atoms with van der Waals surface area (Å²) in [5.74, 6) is 1.68. The molecule has 1 fully saturated rings. The first kappa shape index (κ1) is 18.3. The molecule has 1 saturated heterocycles. The van der Waals surface area contributed by atoms with Crippen LogP contribution < -0.4 is 0 Å². The molecular formula is C21H19ClFN5O. The van der Waals surface area contributed by atoms with E-state index in [1.807, 2.05) is 18.2 Å². The number of nitrogens with zero attached hydrogens (tertiary/aromatic N) is 4. The van der Waals surface area contributed by atoms with Crippen LogP contribution in [-0.4, -0.2) is 31.6 Å². The lowest BCUT2D eigenvalue weighted by Crippen LogP contribution is -2.23. The highest BCUT2D eigenvalue weighted by atomic mass is 35.5. The molecule has 6 nitrogen and oxygen atoms in total. The van der Waals surface area contributed by atoms with E-state index in [1.165, 1.54) is 6.07 Å². The number of halogens is 2. The molecule has 4 aromatic rings. The molecule has 3 heterocycles. The molecule has 29 heavy (non-hydrogen) atoms. The van der Waals surface area contributed by atoms with E-state index in [9.17, 15) is 4.39 Å². The molecule has 0 spiro atoms. The molecule has 2 aromatic heterocycles. The van der Waals surface area contributed by atoms with Crippen LogP contribution in [0.15, 0.2) is 47.0 Å². The highest BCUT2D eigenvalue weighted by molar-refractivity contribution is 6.31. The van der Waals surface area contributed by atoms with Crippen molar-refractivity contribution in [3.8, 4) is 0 Å². The number of likely N-dealkylation sites (tertiary alicyclic amines) is 1. The number of nitrogens with one attached hydrogen (secondary N) is 1. The van der Waals surface area contributed by atoms with Crippen LogP contribution in [0.25, 0.3) is 11.0 Å². The quantitative estimate of drug-likeness (QED) is 0.517. The van der Waals surface area contributed by atoms with Gasteiger partial charge in [0.1, 0.15) is 11.6 Å². The smallest absolute Gasteiger partial charge is 0.240 e. The number of aromatic nitrogens is 4. The Balaban J connectivity index is 1.32. The van der Waals surface area contributed by atoms with Crippen molar-refractivity contribution in [2.24, 2.45) is 0 Å². The van der Waals surface area contributed by atoms with Gasteiger partial charge in [-0.3, -0.25) is 4.90 Å². The minimum Gasteiger partial charge on any atom is -0.341 e. The summed E-state index contributed by atoms with van der Waals surface area (Å²) in [5, 5.41) is 4.70. The Hall–Kier alpha value is -2.77. The maximum Gasteiger partial charge on any atom is 0.240 e. The second kappa shape index (κ2) is 7.57. The molecule has 1 aliphatic rings. The standard InChI is InChI=1S/C21H19ClFN5O/c22-14-7-8-16-17(11-14)25-21(24-16)18-6-3-9-28(18)12-20-26-19(27-29-20)10-13-4-1-2-5-15(13)23/h1-2,4-5,7-8,11,18H,3,6,9-10,12H2,(H,24,25)/t18-/m0/s1. The summed E-state index contributed by atoms with van der Waals surface area (Å²) in [4.78, 5) is 14.9. The van der Waals surface area contributed by atoms with Crippen LogP contribution in [0.1, 0.15) is 42.0 Å². The van der Waals surface area contributed by atoms with Gasteiger partial charge in [-0.05, 0) is 49.2 Å². The average molecular weight is 412 g/mol. The van der Waals surface area contributed by atoms with E-state index in [4.69, 9.17) is 21.1 Å². The van der Waals surface area contributed by atoms with Crippen molar-refractivity contribution in [2.45, 2.75) is 31.8 Å². The lowest BCUT2D eigenvalue weighted by atomic mass is 10.1. The third-order valence-corrected chi connectivity index (χ3v) is 5.53. The molecular weight excluding hydrogens is 393 g/mol. The lowest BCUT2D eigenvalue weighted by molar-refractivity contribution is 0.207. The Labute approximate surface area is 171 Å². The van der Waals surface area contributed by atoms with Gasteiger partial charge in [0, 0.05) is 11.4 Å². The predicted octanol–water partition coefficient (Wildman–Crippen LogP) is 4.67. The number of benzene rings is 2. The maximum absolute atomic E-state index is 13.8. The van der Waals surface area contributed by atoms with Crippen LogP contribution in [0.4, 0.5) is 4.39 Å². The summed E-state index contributed by atoms with van der Waals surface area (Å²) in [6.45, 7) is 1.46. The predicted molar refractivity (Wildman–Crippen MR) is 107 cm³/mol. The Kier molecular flexibility index (Phi) is 4.77. The number of hydrogen-bond acceptors (Lipinski definition) is 5. The molecule has 1 aliphatic heterocycles. The zero-order valence-corrected chi connectivity index (χ0v) is 16.4. The maximum atomic E-state index is 13.8. The van der Waals surface area contributed by atoms with E-state index in [-0.39, 0.29) is 11.9 Å². The number of hydrogen-bond donors (Lipinski definition) is 1. The van der Waals surface area contributed by atoms with E-state index in [0.717, 1.165) is 36.2 Å². The van der Waals surface area contributed by atoms with Gasteiger partial charge in [0.2, 0.25) is 5.89 Å². The van der Waals surface area contributed by atoms with E-state index < -0.39 is 0 Å². The van der Waals surface area contributed by atoms with Crippen molar-refractivity contribution in [3.63, 3.8) is 0 Å². The Morgan fingerprint density at radius 1 is 1.21 bits per heavy atom. The molecule has 8 heteroatoms. The van der Waals surface area contributed by atoms with Gasteiger partial charge in [-0.1, -0.05) is 35.0 Å². The third-order valence-electron chi connectivity index (χ3n) is 5.30. The van der Waals surface area contributed by atoms with Gasteiger partial charge in [0.05, 0.1) is 23.6 Å². The van der Waals surface area contributed by atoms with Crippen LogP contribution in [-0.2, 0) is 13.0 Å². The summed E-state index contributed by atoms with van der Waals surface area (Å²) < 4.78 is 19.3. The summed E-state index contributed by atoms with van der Waals surface area (Å²) in [7, 11) is 0. The highest BCUT2D eigenvalue weighted by Gasteiger charge is 2.30. The Morgan fingerprint density at radius 2 is 2.10 bits per heavy atom. The number of fused-ring (bicyclic) bond motifs is 1. The van der Waals surface area contributed by atoms with Gasteiger partial charge in [-0.15, -0.1) is 0 Å². The molecule has 0 amide bonds. The normalized spacial score (nSPS) is 17.4. The second-order valence-corrected chi connectivity index (χ2v) is 7.72. The molecule has 5 rings (SSSR count). The van der Waals surface area contributed by atoms with Crippen molar-refractivity contribution in [1.82, 2.24) is 25.0 Å². The first-order chi connectivity index (χ1) is 14.2. The van der Waals surface area contributed by atoms with Gasteiger partial charge in [0.25, 0.3) is 0 Å². The van der Waals surface area contributed by atoms with Crippen LogP contribution in [0.2, 0.25) is 5.02 Å². The zero-order valence-electron chi connectivity index (χ0n) is 15.6. The zero-order chi connectivity index (χ0) is 19.8. The highest BCUT2D eigenvalue weighted by Crippen LogP contribution is 2.33. The van der Waals surface area contributed by atoms with Crippen molar-refractivity contribution in [3.05, 3.63) is 76.4 Å². The largest absolute Gasteiger partial charge is 0.341 e. The second-order valence-electron chi connectivity index (χ2n) is 7.28. The number of aromatic amines is 1. The molecule has 1 atom stereocenters. The van der Waals surface area contributed by atoms with E-state index in [1.54, 1.807) is 18.2 Å². The van der Waals surface area contributed by atoms with Crippen LogP contribution in [0, 0.1) is 5.82 Å². The molecule has 2 aromatic carbocycles. The van der Waals surface area contributed by atoms with Gasteiger partial charge >= 0.3 is 0 Å². The summed E-state index contributed by atoms with van der Waals surface area (Å²) >= 11 is 6.08. The van der Waals surface area contributed by atoms with Gasteiger partial charge in [-0.25, -0.2) is 9.37 Å². The van der Waals surface area contributed by atoms with Crippen molar-refractivity contribution in [1.29, 1.82) is 0 Å². The summed E-state index contributed by atoms with van der Waals surface area (Å²) in [6.07, 6.45) is 2.38. The minimum absolute atomic E-state index is 0.156. The van der Waals surface area contributed by atoms with Gasteiger partial charge in [0.15, 0.2) is 5.82 Å². The summed E-state index contributed by atoms with van der Waals surface area (Å²) in [6, 6.07) is 12.4. The molecule has 0 aliphatic carbocycles. The fourth-order valence-corrected chi connectivity index (χ4v) is 4.07. The minimum atomic E-state index is -0.261. The number of imidazole rings is 1. The Morgan fingerprint density at radius 3 is 3.00 bits per heavy atom. The van der Waals surface area contributed by atoms with Crippen LogP contribution in [0.3, 0.4) is 0 Å². The van der Waals surface area contributed by atoms with Gasteiger partial charge in [-0.2, -0.15) is 4.98 Å². The number of H-pyrrole nitrogens is 1. The molecule has 148 valence electrons. The van der Waals surface area contributed by atoms with Crippen molar-refractivity contribution in [2.75, 3.05) is 6.54 Å². The van der Waals surface area contributed by atoms with Gasteiger partial charge < -0.3 is 9.51 Å². The fraction of sp³-hybridized carbons (Fsp3) is 0.286. The molecule has 0 saturated carbocycles. The molecule has 0 unspecified atom stereocenters.